The van der Waals surface area contributed by atoms with Crippen LogP contribution in [0.1, 0.15) is 23.9 Å². The molecular weight excluding hydrogens is 212 g/mol. The molecule has 0 aliphatic carbocycles. The Morgan fingerprint density at radius 3 is 2.76 bits per heavy atom. The van der Waals surface area contributed by atoms with Gasteiger partial charge in [-0.05, 0) is 43.0 Å². The van der Waals surface area contributed by atoms with Crippen molar-refractivity contribution in [2.45, 2.75) is 26.2 Å². The molecule has 0 unspecified atom stereocenters. The molecule has 2 aromatic heterocycles. The summed E-state index contributed by atoms with van der Waals surface area (Å²) in [5.41, 5.74) is 9.28. The smallest absolute Gasteiger partial charge is 0.123 e. The molecule has 0 radical (unpaired) electrons. The van der Waals surface area contributed by atoms with Crippen LogP contribution < -0.4 is 5.73 Å². The van der Waals surface area contributed by atoms with Gasteiger partial charge in [0, 0.05) is 18.9 Å². The molecule has 2 heterocycles. The Labute approximate surface area is 101 Å². The van der Waals surface area contributed by atoms with Crippen molar-refractivity contribution in [3.63, 3.8) is 0 Å². The van der Waals surface area contributed by atoms with Gasteiger partial charge in [-0.2, -0.15) is 5.10 Å². The first-order chi connectivity index (χ1) is 8.19. The first-order valence-corrected chi connectivity index (χ1v) is 5.91. The highest BCUT2D eigenvalue weighted by atomic mass is 15.3. The summed E-state index contributed by atoms with van der Waals surface area (Å²) in [4.78, 5) is 3.99. The fraction of sp³-hybridized carbons (Fsp3) is 0.385. The van der Waals surface area contributed by atoms with Gasteiger partial charge in [0.05, 0.1) is 5.69 Å². The van der Waals surface area contributed by atoms with Crippen LogP contribution in [0.25, 0.3) is 0 Å². The van der Waals surface area contributed by atoms with E-state index < -0.39 is 0 Å². The van der Waals surface area contributed by atoms with Gasteiger partial charge in [0.25, 0.3) is 0 Å². The van der Waals surface area contributed by atoms with Gasteiger partial charge in [-0.3, -0.25) is 4.68 Å². The Kier molecular flexibility index (Phi) is 3.42. The molecule has 17 heavy (non-hydrogen) atoms. The topological polar surface area (TPSA) is 56.7 Å². The highest BCUT2D eigenvalue weighted by molar-refractivity contribution is 5.32. The monoisotopic (exact) mass is 230 g/mol. The highest BCUT2D eigenvalue weighted by Crippen LogP contribution is 2.10. The van der Waals surface area contributed by atoms with Gasteiger partial charge < -0.3 is 5.73 Å². The second kappa shape index (κ2) is 4.99. The number of nitrogen functional groups attached to an aromatic ring is 1. The number of hydrogen-bond acceptors (Lipinski definition) is 3. The number of nitrogens with two attached hydrogens (primary N) is 1. The molecule has 0 aliphatic heterocycles. The van der Waals surface area contributed by atoms with Crippen LogP contribution in [0, 0.1) is 0 Å². The third-order valence-electron chi connectivity index (χ3n) is 2.90. The lowest BCUT2D eigenvalue weighted by Crippen LogP contribution is -2.01. The molecule has 0 spiro atoms. The maximum atomic E-state index is 5.65. The zero-order chi connectivity index (χ0) is 12.3. The Balaban J connectivity index is 2.04. The van der Waals surface area contributed by atoms with Crippen molar-refractivity contribution in [3.8, 4) is 0 Å². The molecule has 0 aliphatic rings. The van der Waals surface area contributed by atoms with Crippen LogP contribution in [0.4, 0.5) is 5.82 Å². The SMILES string of the molecule is CCc1cc(CCc2ccnc(N)c2)n(C)n1. The summed E-state index contributed by atoms with van der Waals surface area (Å²) in [5, 5.41) is 4.44. The van der Waals surface area contributed by atoms with E-state index in [1.165, 1.54) is 11.3 Å². The lowest BCUT2D eigenvalue weighted by Gasteiger charge is -2.02. The molecule has 2 rings (SSSR count). The normalized spacial score (nSPS) is 10.7. The zero-order valence-corrected chi connectivity index (χ0v) is 10.3. The molecule has 0 amide bonds. The van der Waals surface area contributed by atoms with Gasteiger partial charge >= 0.3 is 0 Å². The summed E-state index contributed by atoms with van der Waals surface area (Å²) in [7, 11) is 2.00. The standard InChI is InChI=1S/C13H18N4/c1-3-11-9-12(17(2)16-11)5-4-10-6-7-15-13(14)8-10/h6-9H,3-5H2,1-2H3,(H2,14,15). The number of hydrogen-bond donors (Lipinski definition) is 1. The predicted octanol–water partition coefficient (Wildman–Crippen LogP) is 1.74. The average molecular weight is 230 g/mol. The van der Waals surface area contributed by atoms with Crippen LogP contribution >= 0.6 is 0 Å². The van der Waals surface area contributed by atoms with E-state index in [1.54, 1.807) is 6.20 Å². The Morgan fingerprint density at radius 2 is 2.12 bits per heavy atom. The minimum atomic E-state index is 0.585. The fourth-order valence-electron chi connectivity index (χ4n) is 1.90. The van der Waals surface area contributed by atoms with Crippen LogP contribution in [0.3, 0.4) is 0 Å². The zero-order valence-electron chi connectivity index (χ0n) is 10.3. The molecular formula is C13H18N4. The second-order valence-electron chi connectivity index (χ2n) is 4.19. The molecule has 2 N–H and O–H groups in total. The van der Waals surface area contributed by atoms with Gasteiger partial charge in [-0.25, -0.2) is 4.98 Å². The van der Waals surface area contributed by atoms with E-state index in [2.05, 4.69) is 23.1 Å². The van der Waals surface area contributed by atoms with E-state index in [-0.39, 0.29) is 0 Å². The lowest BCUT2D eigenvalue weighted by molar-refractivity contribution is 0.692. The first-order valence-electron chi connectivity index (χ1n) is 5.91. The molecule has 0 fully saturated rings. The molecule has 0 bridgehead atoms. The van der Waals surface area contributed by atoms with Crippen LogP contribution in [0.2, 0.25) is 0 Å². The number of aromatic nitrogens is 3. The van der Waals surface area contributed by atoms with Crippen molar-refractivity contribution < 1.29 is 0 Å². The first kappa shape index (κ1) is 11.6. The van der Waals surface area contributed by atoms with Crippen molar-refractivity contribution in [3.05, 3.63) is 41.3 Å². The predicted molar refractivity (Wildman–Crippen MR) is 68.6 cm³/mol. The van der Waals surface area contributed by atoms with Gasteiger partial charge in [-0.1, -0.05) is 6.92 Å². The maximum absolute atomic E-state index is 5.65. The van der Waals surface area contributed by atoms with E-state index in [9.17, 15) is 0 Å². The summed E-state index contributed by atoms with van der Waals surface area (Å²) < 4.78 is 1.96. The van der Waals surface area contributed by atoms with E-state index in [4.69, 9.17) is 5.73 Å². The van der Waals surface area contributed by atoms with E-state index >= 15 is 0 Å². The Morgan fingerprint density at radius 1 is 1.29 bits per heavy atom. The number of rotatable bonds is 4. The van der Waals surface area contributed by atoms with Gasteiger partial charge in [0.1, 0.15) is 5.82 Å². The lowest BCUT2D eigenvalue weighted by atomic mass is 10.1. The van der Waals surface area contributed by atoms with Gasteiger partial charge in [0.2, 0.25) is 0 Å². The minimum Gasteiger partial charge on any atom is -0.384 e. The largest absolute Gasteiger partial charge is 0.384 e. The molecule has 90 valence electrons. The molecule has 0 saturated heterocycles. The second-order valence-corrected chi connectivity index (χ2v) is 4.19. The molecule has 0 atom stereocenters. The van der Waals surface area contributed by atoms with E-state index in [0.717, 1.165) is 25.0 Å². The van der Waals surface area contributed by atoms with Crippen molar-refractivity contribution in [2.24, 2.45) is 7.05 Å². The fourth-order valence-corrected chi connectivity index (χ4v) is 1.90. The third kappa shape index (κ3) is 2.84. The van der Waals surface area contributed by atoms with E-state index in [0.29, 0.717) is 5.82 Å². The average Bonchev–Trinajstić information content (AvgIpc) is 2.68. The van der Waals surface area contributed by atoms with Crippen LogP contribution in [-0.2, 0) is 26.3 Å². The third-order valence-corrected chi connectivity index (χ3v) is 2.90. The summed E-state index contributed by atoms with van der Waals surface area (Å²) >= 11 is 0. The summed E-state index contributed by atoms with van der Waals surface area (Å²) in [5.74, 6) is 0.585. The van der Waals surface area contributed by atoms with Crippen LogP contribution in [-0.4, -0.2) is 14.8 Å². The molecule has 4 nitrogen and oxygen atoms in total. The number of pyridine rings is 1. The summed E-state index contributed by atoms with van der Waals surface area (Å²) in [6.07, 6.45) is 4.68. The number of anilines is 1. The molecule has 0 aromatic carbocycles. The molecule has 4 heteroatoms. The number of aryl methyl sites for hydroxylation is 4. The minimum absolute atomic E-state index is 0.585. The van der Waals surface area contributed by atoms with Gasteiger partial charge in [-0.15, -0.1) is 0 Å². The molecule has 0 saturated carbocycles. The van der Waals surface area contributed by atoms with E-state index in [1.807, 2.05) is 23.9 Å². The quantitative estimate of drug-likeness (QED) is 0.870. The summed E-state index contributed by atoms with van der Waals surface area (Å²) in [6, 6.07) is 6.11. The Hall–Kier alpha value is -1.84. The Bertz CT molecular complexity index is 502. The van der Waals surface area contributed by atoms with Crippen molar-refractivity contribution >= 4 is 5.82 Å². The maximum Gasteiger partial charge on any atom is 0.123 e. The van der Waals surface area contributed by atoms with Gasteiger partial charge in [0.15, 0.2) is 0 Å². The van der Waals surface area contributed by atoms with Crippen molar-refractivity contribution in [1.29, 1.82) is 0 Å². The van der Waals surface area contributed by atoms with Crippen LogP contribution in [0.15, 0.2) is 24.4 Å². The summed E-state index contributed by atoms with van der Waals surface area (Å²) in [6.45, 7) is 2.12. The van der Waals surface area contributed by atoms with Crippen molar-refractivity contribution in [1.82, 2.24) is 14.8 Å². The molecule has 2 aromatic rings. The highest BCUT2D eigenvalue weighted by Gasteiger charge is 2.04. The van der Waals surface area contributed by atoms with Crippen LogP contribution in [0.5, 0.6) is 0 Å². The number of nitrogens with zero attached hydrogens (tertiary/aromatic N) is 3. The van der Waals surface area contributed by atoms with Crippen molar-refractivity contribution in [2.75, 3.05) is 5.73 Å².